The standard InChI is InChI=1S/C15H19NO4/c1-14(2,3)20-13(18)16-7-10-11-9(8-19-12(11)17)5-6-15(10,16)4/h5-6,10H,7-8H2,1-4H3/t10-,15+/m1/s1. The first-order valence-electron chi connectivity index (χ1n) is 6.82. The Hall–Kier alpha value is -1.78. The van der Waals surface area contributed by atoms with Crippen molar-refractivity contribution in [3.8, 4) is 0 Å². The van der Waals surface area contributed by atoms with Gasteiger partial charge in [0.25, 0.3) is 0 Å². The predicted octanol–water partition coefficient (Wildman–Crippen LogP) is 2.04. The van der Waals surface area contributed by atoms with Crippen LogP contribution in [-0.2, 0) is 14.3 Å². The molecular weight excluding hydrogens is 258 g/mol. The minimum atomic E-state index is -0.520. The van der Waals surface area contributed by atoms with Gasteiger partial charge in [-0.3, -0.25) is 4.90 Å². The van der Waals surface area contributed by atoms with Crippen molar-refractivity contribution in [1.82, 2.24) is 4.90 Å². The number of fused-ring (bicyclic) bond motifs is 2. The molecule has 1 amide bonds. The maximum absolute atomic E-state index is 12.2. The third-order valence-electron chi connectivity index (χ3n) is 4.16. The van der Waals surface area contributed by atoms with Crippen molar-refractivity contribution in [2.75, 3.05) is 13.2 Å². The number of cyclic esters (lactones) is 1. The Morgan fingerprint density at radius 1 is 1.50 bits per heavy atom. The summed E-state index contributed by atoms with van der Waals surface area (Å²) in [6.07, 6.45) is 3.54. The quantitative estimate of drug-likeness (QED) is 0.636. The molecule has 0 N–H and O–H groups in total. The molecule has 5 nitrogen and oxygen atoms in total. The van der Waals surface area contributed by atoms with Gasteiger partial charge in [-0.1, -0.05) is 12.2 Å². The van der Waals surface area contributed by atoms with Crippen molar-refractivity contribution >= 4 is 12.1 Å². The largest absolute Gasteiger partial charge is 0.457 e. The van der Waals surface area contributed by atoms with Gasteiger partial charge in [0.15, 0.2) is 0 Å². The predicted molar refractivity (Wildman–Crippen MR) is 72.0 cm³/mol. The Morgan fingerprint density at radius 2 is 2.20 bits per heavy atom. The topological polar surface area (TPSA) is 55.8 Å². The molecular formula is C15H19NO4. The Labute approximate surface area is 118 Å². The molecule has 0 radical (unpaired) electrons. The van der Waals surface area contributed by atoms with Gasteiger partial charge in [-0.15, -0.1) is 0 Å². The molecule has 3 rings (SSSR count). The van der Waals surface area contributed by atoms with E-state index in [0.29, 0.717) is 13.2 Å². The van der Waals surface area contributed by atoms with Crippen LogP contribution in [0.2, 0.25) is 0 Å². The highest BCUT2D eigenvalue weighted by Gasteiger charge is 2.57. The molecule has 108 valence electrons. The van der Waals surface area contributed by atoms with Crippen LogP contribution in [0.1, 0.15) is 27.7 Å². The Morgan fingerprint density at radius 3 is 2.85 bits per heavy atom. The van der Waals surface area contributed by atoms with E-state index in [-0.39, 0.29) is 18.0 Å². The number of rotatable bonds is 0. The van der Waals surface area contributed by atoms with Crippen molar-refractivity contribution in [3.63, 3.8) is 0 Å². The lowest BCUT2D eigenvalue weighted by molar-refractivity contribution is -0.138. The summed E-state index contributed by atoms with van der Waals surface area (Å²) in [7, 11) is 0. The van der Waals surface area contributed by atoms with Crippen LogP contribution in [0, 0.1) is 5.92 Å². The van der Waals surface area contributed by atoms with E-state index in [9.17, 15) is 9.59 Å². The fraction of sp³-hybridized carbons (Fsp3) is 0.600. The first-order chi connectivity index (χ1) is 9.22. The van der Waals surface area contributed by atoms with E-state index in [1.165, 1.54) is 0 Å². The first-order valence-corrected chi connectivity index (χ1v) is 6.82. The van der Waals surface area contributed by atoms with E-state index in [1.54, 1.807) is 4.90 Å². The van der Waals surface area contributed by atoms with Crippen LogP contribution in [0.4, 0.5) is 4.79 Å². The molecule has 3 aliphatic rings. The number of carbonyl (C=O) groups excluding carboxylic acids is 2. The van der Waals surface area contributed by atoms with Gasteiger partial charge in [0, 0.05) is 18.0 Å². The molecule has 1 saturated heterocycles. The molecule has 0 spiro atoms. The van der Waals surface area contributed by atoms with Gasteiger partial charge in [-0.2, -0.15) is 0 Å². The Bertz CT molecular complexity index is 555. The highest BCUT2D eigenvalue weighted by atomic mass is 16.6. The van der Waals surface area contributed by atoms with Crippen LogP contribution in [0.25, 0.3) is 0 Å². The molecule has 0 unspecified atom stereocenters. The van der Waals surface area contributed by atoms with E-state index in [0.717, 1.165) is 11.1 Å². The summed E-state index contributed by atoms with van der Waals surface area (Å²) >= 11 is 0. The molecule has 20 heavy (non-hydrogen) atoms. The maximum Gasteiger partial charge on any atom is 0.411 e. The van der Waals surface area contributed by atoms with Crippen LogP contribution in [0.3, 0.4) is 0 Å². The van der Waals surface area contributed by atoms with Gasteiger partial charge < -0.3 is 9.47 Å². The number of ether oxygens (including phenoxy) is 2. The SMILES string of the molecule is CC(C)(C)OC(=O)N1C[C@@H]2C3=C(C=C[C@@]21C)COC3=O. The van der Waals surface area contributed by atoms with Crippen LogP contribution >= 0.6 is 0 Å². The van der Waals surface area contributed by atoms with Crippen molar-refractivity contribution < 1.29 is 19.1 Å². The van der Waals surface area contributed by atoms with Crippen molar-refractivity contribution in [3.05, 3.63) is 23.3 Å². The van der Waals surface area contributed by atoms with E-state index in [1.807, 2.05) is 39.8 Å². The monoisotopic (exact) mass is 277 g/mol. The summed E-state index contributed by atoms with van der Waals surface area (Å²) < 4.78 is 10.5. The van der Waals surface area contributed by atoms with Crippen LogP contribution in [0.5, 0.6) is 0 Å². The summed E-state index contributed by atoms with van der Waals surface area (Å²) in [4.78, 5) is 25.7. The summed E-state index contributed by atoms with van der Waals surface area (Å²) in [5, 5.41) is 0. The lowest BCUT2D eigenvalue weighted by atomic mass is 9.67. The van der Waals surface area contributed by atoms with Gasteiger partial charge in [0.1, 0.15) is 12.2 Å². The zero-order valence-corrected chi connectivity index (χ0v) is 12.2. The lowest BCUT2D eigenvalue weighted by Gasteiger charge is -2.56. The molecule has 1 fully saturated rings. The summed E-state index contributed by atoms with van der Waals surface area (Å²) in [6, 6.07) is 0. The Balaban J connectivity index is 1.81. The molecule has 5 heteroatoms. The van der Waals surface area contributed by atoms with Crippen LogP contribution in [-0.4, -0.2) is 41.3 Å². The van der Waals surface area contributed by atoms with Gasteiger partial charge in [0.2, 0.25) is 0 Å². The second-order valence-corrected chi connectivity index (χ2v) is 6.72. The second kappa shape index (κ2) is 3.87. The Kier molecular flexibility index (Phi) is 2.56. The lowest BCUT2D eigenvalue weighted by Crippen LogP contribution is -2.68. The minimum absolute atomic E-state index is 0.0185. The normalized spacial score (nSPS) is 31.5. The number of nitrogens with zero attached hydrogens (tertiary/aromatic N) is 1. The van der Waals surface area contributed by atoms with Gasteiger partial charge in [-0.05, 0) is 27.7 Å². The molecule has 0 saturated carbocycles. The van der Waals surface area contributed by atoms with Crippen LogP contribution < -0.4 is 0 Å². The van der Waals surface area contributed by atoms with Gasteiger partial charge >= 0.3 is 12.1 Å². The summed E-state index contributed by atoms with van der Waals surface area (Å²) in [5.41, 5.74) is 0.675. The fourth-order valence-electron chi connectivity index (χ4n) is 3.02. The summed E-state index contributed by atoms with van der Waals surface area (Å²) in [5.74, 6) is -0.227. The van der Waals surface area contributed by atoms with E-state index in [4.69, 9.17) is 9.47 Å². The van der Waals surface area contributed by atoms with Crippen molar-refractivity contribution in [2.45, 2.75) is 38.8 Å². The molecule has 2 atom stereocenters. The number of esters is 1. The molecule has 0 aromatic carbocycles. The minimum Gasteiger partial charge on any atom is -0.457 e. The van der Waals surface area contributed by atoms with Crippen molar-refractivity contribution in [2.24, 2.45) is 5.92 Å². The smallest absolute Gasteiger partial charge is 0.411 e. The third-order valence-corrected chi connectivity index (χ3v) is 4.16. The summed E-state index contributed by atoms with van der Waals surface area (Å²) in [6.45, 7) is 8.34. The highest BCUT2D eigenvalue weighted by Crippen LogP contribution is 2.48. The van der Waals surface area contributed by atoms with Crippen LogP contribution in [0.15, 0.2) is 23.3 Å². The number of amides is 1. The zero-order valence-electron chi connectivity index (χ0n) is 12.2. The fourth-order valence-corrected chi connectivity index (χ4v) is 3.02. The first kappa shape index (κ1) is 13.2. The molecule has 0 bridgehead atoms. The number of carbonyl (C=O) groups is 2. The molecule has 2 aliphatic heterocycles. The second-order valence-electron chi connectivity index (χ2n) is 6.72. The van der Waals surface area contributed by atoms with E-state index < -0.39 is 11.1 Å². The molecule has 1 aliphatic carbocycles. The average molecular weight is 277 g/mol. The average Bonchev–Trinajstić information content (AvgIpc) is 2.64. The van der Waals surface area contributed by atoms with Gasteiger partial charge in [0.05, 0.1) is 11.1 Å². The number of hydrogen-bond acceptors (Lipinski definition) is 4. The zero-order chi connectivity index (χ0) is 14.7. The van der Waals surface area contributed by atoms with E-state index in [2.05, 4.69) is 0 Å². The third kappa shape index (κ3) is 1.76. The van der Waals surface area contributed by atoms with Crippen molar-refractivity contribution in [1.29, 1.82) is 0 Å². The number of hydrogen-bond donors (Lipinski definition) is 0. The van der Waals surface area contributed by atoms with E-state index >= 15 is 0 Å². The van der Waals surface area contributed by atoms with Gasteiger partial charge in [-0.25, -0.2) is 9.59 Å². The molecule has 0 aromatic rings. The molecule has 2 heterocycles. The molecule has 0 aromatic heterocycles. The maximum atomic E-state index is 12.2. The number of likely N-dealkylation sites (tertiary alicyclic amines) is 1. The highest BCUT2D eigenvalue weighted by molar-refractivity contribution is 5.95.